The van der Waals surface area contributed by atoms with Gasteiger partial charge in [0, 0.05) is 10.0 Å². The topological polar surface area (TPSA) is 59.9 Å². The van der Waals surface area contributed by atoms with Crippen molar-refractivity contribution in [1.82, 2.24) is 5.43 Å². The summed E-state index contributed by atoms with van der Waals surface area (Å²) in [5.74, 6) is 0.857. The Balaban J connectivity index is 1.47. The van der Waals surface area contributed by atoms with Gasteiger partial charge in [-0.25, -0.2) is 9.82 Å². The van der Waals surface area contributed by atoms with Crippen molar-refractivity contribution < 1.29 is 18.7 Å². The Morgan fingerprint density at radius 2 is 1.78 bits per heavy atom. The number of carbonyl (C=O) groups excluding carboxylic acids is 1. The average Bonchev–Trinajstić information content (AvgIpc) is 2.89. The van der Waals surface area contributed by atoms with E-state index in [0.717, 1.165) is 37.5 Å². The summed E-state index contributed by atoms with van der Waals surface area (Å²) >= 11 is 3.56. The normalized spacial score (nSPS) is 11.3. The average molecular weight is 563 g/mol. The number of amides is 1. The molecule has 0 spiro atoms. The van der Waals surface area contributed by atoms with Gasteiger partial charge in [-0.1, -0.05) is 72.2 Å². The molecule has 0 aliphatic rings. The molecule has 0 aromatic heterocycles. The largest absolute Gasteiger partial charge is 0.488 e. The number of rotatable bonds is 9. The van der Waals surface area contributed by atoms with Gasteiger partial charge in [-0.2, -0.15) is 5.10 Å². The van der Waals surface area contributed by atoms with E-state index in [4.69, 9.17) is 9.47 Å². The summed E-state index contributed by atoms with van der Waals surface area (Å²) in [6.07, 6.45) is 1.57. The van der Waals surface area contributed by atoms with Crippen LogP contribution in [-0.4, -0.2) is 18.7 Å². The fourth-order valence-corrected chi connectivity index (χ4v) is 4.23. The van der Waals surface area contributed by atoms with Gasteiger partial charge in [-0.05, 0) is 70.6 Å². The summed E-state index contributed by atoms with van der Waals surface area (Å²) < 4.78 is 26.1. The van der Waals surface area contributed by atoms with Crippen molar-refractivity contribution in [2.45, 2.75) is 33.3 Å². The van der Waals surface area contributed by atoms with E-state index in [1.807, 2.05) is 55.5 Å². The van der Waals surface area contributed by atoms with Gasteiger partial charge in [0.2, 0.25) is 0 Å². The van der Waals surface area contributed by atoms with Crippen LogP contribution >= 0.6 is 15.9 Å². The Morgan fingerprint density at radius 3 is 2.54 bits per heavy atom. The number of benzene rings is 4. The summed E-state index contributed by atoms with van der Waals surface area (Å²) in [7, 11) is 0. The second-order valence-corrected chi connectivity index (χ2v) is 9.84. The minimum absolute atomic E-state index is 0.165. The Bertz CT molecular complexity index is 1440. The van der Waals surface area contributed by atoms with Crippen LogP contribution in [0.5, 0.6) is 11.5 Å². The molecule has 7 heteroatoms. The minimum Gasteiger partial charge on any atom is -0.488 e. The molecular formula is C30H28BrFN2O3. The maximum Gasteiger partial charge on any atom is 0.277 e. The maximum atomic E-state index is 13.2. The van der Waals surface area contributed by atoms with Crippen LogP contribution in [0.4, 0.5) is 4.39 Å². The van der Waals surface area contributed by atoms with Gasteiger partial charge in [0.1, 0.15) is 23.9 Å². The van der Waals surface area contributed by atoms with Gasteiger partial charge in [0.15, 0.2) is 6.61 Å². The predicted molar refractivity (Wildman–Crippen MR) is 149 cm³/mol. The van der Waals surface area contributed by atoms with E-state index in [9.17, 15) is 9.18 Å². The molecule has 4 aromatic rings. The Labute approximate surface area is 224 Å². The third-order valence-electron chi connectivity index (χ3n) is 5.89. The molecule has 0 bridgehead atoms. The van der Waals surface area contributed by atoms with Gasteiger partial charge < -0.3 is 9.47 Å². The Hall–Kier alpha value is -3.71. The number of carbonyl (C=O) groups is 1. The van der Waals surface area contributed by atoms with Crippen molar-refractivity contribution in [3.05, 3.63) is 105 Å². The van der Waals surface area contributed by atoms with E-state index >= 15 is 0 Å². The fraction of sp³-hybridized carbons (Fsp3) is 0.200. The lowest BCUT2D eigenvalue weighted by Crippen LogP contribution is -2.25. The quantitative estimate of drug-likeness (QED) is 0.172. The summed E-state index contributed by atoms with van der Waals surface area (Å²) in [6.45, 7) is 6.24. The Kier molecular flexibility index (Phi) is 8.56. The van der Waals surface area contributed by atoms with Crippen LogP contribution in [0, 0.1) is 12.7 Å². The highest BCUT2D eigenvalue weighted by atomic mass is 79.9. The molecule has 1 amide bonds. The van der Waals surface area contributed by atoms with Gasteiger partial charge in [-0.3, -0.25) is 4.79 Å². The smallest absolute Gasteiger partial charge is 0.277 e. The summed E-state index contributed by atoms with van der Waals surface area (Å²) in [5, 5.41) is 6.12. The number of halogens is 2. The lowest BCUT2D eigenvalue weighted by atomic mass is 10.0. The highest BCUT2D eigenvalue weighted by Gasteiger charge is 2.13. The van der Waals surface area contributed by atoms with Gasteiger partial charge in [-0.15, -0.1) is 0 Å². The first-order valence-corrected chi connectivity index (χ1v) is 12.7. The molecule has 4 rings (SSSR count). The maximum absolute atomic E-state index is 13.2. The molecule has 0 aliphatic carbocycles. The fourth-order valence-electron chi connectivity index (χ4n) is 3.87. The second kappa shape index (κ2) is 12.0. The van der Waals surface area contributed by atoms with Crippen molar-refractivity contribution in [3.8, 4) is 11.5 Å². The number of nitrogens with zero attached hydrogens (tertiary/aromatic N) is 1. The van der Waals surface area contributed by atoms with Crippen LogP contribution in [0.15, 0.2) is 82.4 Å². The van der Waals surface area contributed by atoms with Crippen LogP contribution in [-0.2, 0) is 11.4 Å². The van der Waals surface area contributed by atoms with Crippen LogP contribution in [0.25, 0.3) is 10.8 Å². The third kappa shape index (κ3) is 6.74. The van der Waals surface area contributed by atoms with Crippen molar-refractivity contribution in [2.75, 3.05) is 6.61 Å². The zero-order valence-electron chi connectivity index (χ0n) is 20.9. The first-order valence-electron chi connectivity index (χ1n) is 12.0. The number of hydrazone groups is 1. The van der Waals surface area contributed by atoms with Crippen LogP contribution in [0.1, 0.15) is 42.0 Å². The van der Waals surface area contributed by atoms with Gasteiger partial charge in [0.25, 0.3) is 5.91 Å². The molecule has 0 unspecified atom stereocenters. The van der Waals surface area contributed by atoms with Crippen molar-refractivity contribution >= 4 is 38.8 Å². The molecule has 37 heavy (non-hydrogen) atoms. The van der Waals surface area contributed by atoms with E-state index in [2.05, 4.69) is 40.3 Å². The lowest BCUT2D eigenvalue weighted by molar-refractivity contribution is -0.123. The number of fused-ring (bicyclic) bond motifs is 1. The molecule has 4 aromatic carbocycles. The highest BCUT2D eigenvalue weighted by Crippen LogP contribution is 2.32. The molecule has 0 radical (unpaired) electrons. The number of nitrogens with one attached hydrogen (secondary N) is 1. The molecule has 0 fully saturated rings. The van der Waals surface area contributed by atoms with Gasteiger partial charge >= 0.3 is 0 Å². The third-order valence-corrected chi connectivity index (χ3v) is 6.75. The number of hydrogen-bond donors (Lipinski definition) is 1. The minimum atomic E-state index is -0.374. The van der Waals surface area contributed by atoms with Crippen LogP contribution in [0.3, 0.4) is 0 Å². The monoisotopic (exact) mass is 562 g/mol. The van der Waals surface area contributed by atoms with Crippen molar-refractivity contribution in [3.63, 3.8) is 0 Å². The molecule has 0 saturated heterocycles. The lowest BCUT2D eigenvalue weighted by Gasteiger charge is -2.15. The van der Waals surface area contributed by atoms with Crippen molar-refractivity contribution in [2.24, 2.45) is 5.10 Å². The predicted octanol–water partition coefficient (Wildman–Crippen LogP) is 7.28. The molecule has 1 N–H and O–H groups in total. The standard InChI is InChI=1S/C30H28BrFN2O3/c1-19(2)25-15-27(31)20(3)14-29(25)37-18-30(35)34-33-16-26-24-7-5-4-6-22(24)10-13-28(26)36-17-21-8-11-23(32)12-9-21/h4-16,19H,17-18H2,1-3H3,(H,34,35)/b33-16+. The first-order chi connectivity index (χ1) is 17.8. The molecule has 0 atom stereocenters. The molecular weight excluding hydrogens is 535 g/mol. The first kappa shape index (κ1) is 26.4. The summed E-state index contributed by atoms with van der Waals surface area (Å²) in [6, 6.07) is 21.8. The van der Waals surface area contributed by atoms with E-state index in [1.54, 1.807) is 18.3 Å². The zero-order valence-corrected chi connectivity index (χ0v) is 22.5. The van der Waals surface area contributed by atoms with Crippen LogP contribution in [0.2, 0.25) is 0 Å². The number of aryl methyl sites for hydroxylation is 1. The summed E-state index contributed by atoms with van der Waals surface area (Å²) in [5.41, 5.74) is 6.17. The van der Waals surface area contributed by atoms with E-state index < -0.39 is 0 Å². The van der Waals surface area contributed by atoms with Crippen molar-refractivity contribution in [1.29, 1.82) is 0 Å². The molecule has 0 heterocycles. The molecule has 5 nitrogen and oxygen atoms in total. The van der Waals surface area contributed by atoms with E-state index in [0.29, 0.717) is 11.5 Å². The zero-order chi connectivity index (χ0) is 26.4. The SMILES string of the molecule is Cc1cc(OCC(=O)N/N=C/c2c(OCc3ccc(F)cc3)ccc3ccccc23)c(C(C)C)cc1Br. The van der Waals surface area contributed by atoms with Crippen LogP contribution < -0.4 is 14.9 Å². The molecule has 0 aliphatic heterocycles. The molecule has 190 valence electrons. The summed E-state index contributed by atoms with van der Waals surface area (Å²) in [4.78, 5) is 12.5. The van der Waals surface area contributed by atoms with Gasteiger partial charge in [0.05, 0.1) is 6.21 Å². The Morgan fingerprint density at radius 1 is 1.03 bits per heavy atom. The number of ether oxygens (including phenoxy) is 2. The van der Waals surface area contributed by atoms with E-state index in [1.165, 1.54) is 12.1 Å². The number of hydrogen-bond acceptors (Lipinski definition) is 4. The molecule has 0 saturated carbocycles. The second-order valence-electron chi connectivity index (χ2n) is 8.99. The van der Waals surface area contributed by atoms with E-state index in [-0.39, 0.29) is 30.9 Å². The highest BCUT2D eigenvalue weighted by molar-refractivity contribution is 9.10.